The van der Waals surface area contributed by atoms with E-state index < -0.39 is 18.2 Å². The lowest BCUT2D eigenvalue weighted by Crippen LogP contribution is -2.46. The van der Waals surface area contributed by atoms with Gasteiger partial charge in [-0.15, -0.1) is 0 Å². The molecule has 6 nitrogen and oxygen atoms in total. The molecule has 0 spiro atoms. The molecule has 0 heterocycles. The van der Waals surface area contributed by atoms with Crippen molar-refractivity contribution in [3.05, 3.63) is 72.9 Å². The van der Waals surface area contributed by atoms with Crippen LogP contribution in [0, 0.1) is 0 Å². The minimum Gasteiger partial charge on any atom is -0.462 e. The van der Waals surface area contributed by atoms with Crippen molar-refractivity contribution in [3.63, 3.8) is 0 Å². The first-order valence-electron chi connectivity index (χ1n) is 26.7. The van der Waals surface area contributed by atoms with Gasteiger partial charge in [0.05, 0.1) is 25.2 Å². The summed E-state index contributed by atoms with van der Waals surface area (Å²) in [6, 6.07) is -0.718. The monoisotopic (exact) mass is 880 g/mol. The number of amides is 1. The van der Waals surface area contributed by atoms with Gasteiger partial charge in [0, 0.05) is 6.42 Å². The van der Waals surface area contributed by atoms with Crippen LogP contribution < -0.4 is 5.32 Å². The first-order chi connectivity index (χ1) is 31.0. The average Bonchev–Trinajstić information content (AvgIpc) is 3.28. The zero-order valence-corrected chi connectivity index (χ0v) is 41.4. The van der Waals surface area contributed by atoms with Gasteiger partial charge in [-0.1, -0.05) is 222 Å². The van der Waals surface area contributed by atoms with Gasteiger partial charge in [0.2, 0.25) is 5.91 Å². The number of allylic oxidation sites excluding steroid dienone is 12. The van der Waals surface area contributed by atoms with Crippen LogP contribution in [-0.4, -0.2) is 46.9 Å². The van der Waals surface area contributed by atoms with E-state index in [2.05, 4.69) is 99.0 Å². The highest BCUT2D eigenvalue weighted by molar-refractivity contribution is 5.77. The number of aliphatic hydroxyl groups excluding tert-OH is 2. The van der Waals surface area contributed by atoms with E-state index in [4.69, 9.17) is 4.74 Å². The first-order valence-corrected chi connectivity index (χ1v) is 26.7. The van der Waals surface area contributed by atoms with Crippen molar-refractivity contribution in [1.82, 2.24) is 5.32 Å². The molecule has 3 atom stereocenters. The van der Waals surface area contributed by atoms with Crippen molar-refractivity contribution in [2.24, 2.45) is 0 Å². The molecule has 0 aromatic heterocycles. The second-order valence-corrected chi connectivity index (χ2v) is 17.9. The van der Waals surface area contributed by atoms with Crippen molar-refractivity contribution in [2.75, 3.05) is 6.61 Å². The Bertz CT molecular complexity index is 1170. The molecule has 0 rings (SSSR count). The maximum absolute atomic E-state index is 13.2. The Hall–Kier alpha value is -2.70. The number of unbranched alkanes of at least 4 members (excludes halogenated alkanes) is 23. The topological polar surface area (TPSA) is 95.9 Å². The molecule has 3 N–H and O–H groups in total. The summed E-state index contributed by atoms with van der Waals surface area (Å²) in [7, 11) is 0. The Labute approximate surface area is 390 Å². The number of aliphatic hydroxyl groups is 2. The zero-order chi connectivity index (χ0) is 45.9. The highest BCUT2D eigenvalue weighted by Crippen LogP contribution is 2.17. The lowest BCUT2D eigenvalue weighted by molar-refractivity contribution is -0.151. The summed E-state index contributed by atoms with van der Waals surface area (Å²) in [6.07, 6.45) is 63.9. The number of carbonyl (C=O) groups is 2. The Morgan fingerprint density at radius 3 is 1.32 bits per heavy atom. The molecule has 63 heavy (non-hydrogen) atoms. The minimum absolute atomic E-state index is 0.0474. The fraction of sp³-hybridized carbons (Fsp3) is 0.754. The third-order valence-corrected chi connectivity index (χ3v) is 11.8. The lowest BCUT2D eigenvalue weighted by Gasteiger charge is -2.24. The van der Waals surface area contributed by atoms with Crippen molar-refractivity contribution in [1.29, 1.82) is 0 Å². The summed E-state index contributed by atoms with van der Waals surface area (Å²) >= 11 is 0. The predicted octanol–water partition coefficient (Wildman–Crippen LogP) is 16.2. The molecule has 0 aliphatic carbocycles. The second-order valence-electron chi connectivity index (χ2n) is 17.9. The van der Waals surface area contributed by atoms with E-state index in [1.807, 2.05) is 0 Å². The molecule has 0 aromatic carbocycles. The molecule has 0 bridgehead atoms. The van der Waals surface area contributed by atoms with Gasteiger partial charge >= 0.3 is 5.97 Å². The number of esters is 1. The van der Waals surface area contributed by atoms with Gasteiger partial charge < -0.3 is 20.3 Å². The van der Waals surface area contributed by atoms with Crippen molar-refractivity contribution in [2.45, 2.75) is 270 Å². The highest BCUT2D eigenvalue weighted by Gasteiger charge is 2.24. The van der Waals surface area contributed by atoms with Gasteiger partial charge in [-0.3, -0.25) is 9.59 Å². The summed E-state index contributed by atoms with van der Waals surface area (Å²) in [5.74, 6) is -0.550. The van der Waals surface area contributed by atoms with E-state index in [0.717, 1.165) is 83.5 Å². The van der Waals surface area contributed by atoms with Crippen LogP contribution in [-0.2, 0) is 14.3 Å². The SMILES string of the molecule is CC/C=C\C/C=C\C/C=C\C/C=C\C/C=C\CCCC(=O)OC(CCCCCCC/C=C/CCCCCCCC)CC(=O)NC(CO)C(O)CCCCCCCCCCCCCC. The van der Waals surface area contributed by atoms with Crippen LogP contribution in [0.3, 0.4) is 0 Å². The maximum Gasteiger partial charge on any atom is 0.306 e. The molecular formula is C57H101NO5. The van der Waals surface area contributed by atoms with E-state index in [0.29, 0.717) is 25.7 Å². The molecular weight excluding hydrogens is 779 g/mol. The van der Waals surface area contributed by atoms with Crippen LogP contribution in [0.2, 0.25) is 0 Å². The van der Waals surface area contributed by atoms with Gasteiger partial charge in [-0.2, -0.15) is 0 Å². The number of nitrogens with one attached hydrogen (secondary N) is 1. The van der Waals surface area contributed by atoms with Crippen LogP contribution in [0.1, 0.15) is 252 Å². The Balaban J connectivity index is 4.69. The average molecular weight is 880 g/mol. The quantitative estimate of drug-likeness (QED) is 0.0321. The summed E-state index contributed by atoms with van der Waals surface area (Å²) < 4.78 is 5.91. The Kier molecular flexibility index (Phi) is 48.1. The third kappa shape index (κ3) is 45.7. The second kappa shape index (κ2) is 50.3. The molecule has 0 aromatic rings. The molecule has 0 aliphatic rings. The van der Waals surface area contributed by atoms with E-state index >= 15 is 0 Å². The Morgan fingerprint density at radius 2 is 0.857 bits per heavy atom. The number of hydrogen-bond acceptors (Lipinski definition) is 5. The van der Waals surface area contributed by atoms with E-state index in [1.54, 1.807) is 0 Å². The fourth-order valence-electron chi connectivity index (χ4n) is 7.75. The van der Waals surface area contributed by atoms with Crippen LogP contribution in [0.25, 0.3) is 0 Å². The summed E-state index contributed by atoms with van der Waals surface area (Å²) in [6.45, 7) is 6.35. The van der Waals surface area contributed by atoms with Crippen LogP contribution >= 0.6 is 0 Å². The Morgan fingerprint density at radius 1 is 0.476 bits per heavy atom. The minimum atomic E-state index is -0.801. The smallest absolute Gasteiger partial charge is 0.306 e. The molecule has 0 radical (unpaired) electrons. The number of rotatable bonds is 47. The van der Waals surface area contributed by atoms with Gasteiger partial charge in [0.15, 0.2) is 0 Å². The zero-order valence-electron chi connectivity index (χ0n) is 41.4. The fourth-order valence-corrected chi connectivity index (χ4v) is 7.75. The van der Waals surface area contributed by atoms with E-state index in [9.17, 15) is 19.8 Å². The number of ether oxygens (including phenoxy) is 1. The molecule has 6 heteroatoms. The lowest BCUT2D eigenvalue weighted by atomic mass is 10.0. The molecule has 3 unspecified atom stereocenters. The van der Waals surface area contributed by atoms with Gasteiger partial charge in [-0.05, 0) is 89.9 Å². The normalized spacial score (nSPS) is 13.8. The number of carbonyl (C=O) groups excluding carboxylic acids is 2. The summed E-state index contributed by atoms with van der Waals surface area (Å²) in [4.78, 5) is 26.2. The van der Waals surface area contributed by atoms with Crippen molar-refractivity contribution < 1.29 is 24.5 Å². The molecule has 1 amide bonds. The predicted molar refractivity (Wildman–Crippen MR) is 273 cm³/mol. The van der Waals surface area contributed by atoms with E-state index in [-0.39, 0.29) is 24.9 Å². The molecule has 364 valence electrons. The van der Waals surface area contributed by atoms with Crippen LogP contribution in [0.5, 0.6) is 0 Å². The maximum atomic E-state index is 13.2. The van der Waals surface area contributed by atoms with Crippen molar-refractivity contribution >= 4 is 11.9 Å². The molecule has 0 saturated carbocycles. The first kappa shape index (κ1) is 60.3. The van der Waals surface area contributed by atoms with Crippen LogP contribution in [0.15, 0.2) is 72.9 Å². The van der Waals surface area contributed by atoms with E-state index in [1.165, 1.54) is 116 Å². The van der Waals surface area contributed by atoms with Gasteiger partial charge in [0.25, 0.3) is 0 Å². The standard InChI is InChI=1S/C57H101NO5/c1-4-7-10-13-16-19-22-25-27-28-30-32-35-38-41-44-47-50-57(62)63-53(48-45-42-39-36-33-31-29-26-23-20-17-14-11-8-5-2)51-56(61)58-54(52-59)55(60)49-46-43-40-37-34-24-21-18-15-12-9-6-3/h7,10,16,19,25-27,29-30,32,38,41,53-55,59-60H,4-6,8-9,11-15,17-18,20-24,28,31,33-37,39-40,42-52H2,1-3H3,(H,58,61)/b10-7-,19-16-,27-25-,29-26+,32-30-,41-38-. The van der Waals surface area contributed by atoms with Crippen LogP contribution in [0.4, 0.5) is 0 Å². The molecule has 0 saturated heterocycles. The largest absolute Gasteiger partial charge is 0.462 e. The summed E-state index contributed by atoms with van der Waals surface area (Å²) in [5.41, 5.74) is 0. The molecule has 0 aliphatic heterocycles. The molecule has 0 fully saturated rings. The van der Waals surface area contributed by atoms with Crippen molar-refractivity contribution in [3.8, 4) is 0 Å². The third-order valence-electron chi connectivity index (χ3n) is 11.8. The summed E-state index contributed by atoms with van der Waals surface area (Å²) in [5, 5.41) is 23.8. The van der Waals surface area contributed by atoms with Gasteiger partial charge in [-0.25, -0.2) is 0 Å². The highest BCUT2D eigenvalue weighted by atomic mass is 16.5. The van der Waals surface area contributed by atoms with Gasteiger partial charge in [0.1, 0.15) is 6.10 Å². The number of hydrogen-bond donors (Lipinski definition) is 3.